The Morgan fingerprint density at radius 3 is 2.91 bits per heavy atom. The molecule has 128 valence electrons. The summed E-state index contributed by atoms with van der Waals surface area (Å²) in [5.74, 6) is 1.62. The maximum Gasteiger partial charge on any atom is 0.193 e. The van der Waals surface area contributed by atoms with Crippen molar-refractivity contribution in [3.63, 3.8) is 0 Å². The molecule has 4 nitrogen and oxygen atoms in total. The van der Waals surface area contributed by atoms with Crippen molar-refractivity contribution >= 4 is 17.6 Å². The fraction of sp³-hybridized carbons (Fsp3) is 0.611. The Morgan fingerprint density at radius 1 is 1.43 bits per heavy atom. The second kappa shape index (κ2) is 9.14. The van der Waals surface area contributed by atoms with Crippen molar-refractivity contribution in [2.24, 2.45) is 10.9 Å². The zero-order chi connectivity index (χ0) is 16.7. The molecule has 1 unspecified atom stereocenters. The number of likely N-dealkylation sites (tertiary alicyclic amines) is 1. The molecule has 0 aromatic heterocycles. The van der Waals surface area contributed by atoms with Crippen LogP contribution < -0.4 is 5.32 Å². The van der Waals surface area contributed by atoms with Crippen LogP contribution in [-0.4, -0.2) is 56.0 Å². The largest absolute Gasteiger partial charge is 0.357 e. The van der Waals surface area contributed by atoms with Gasteiger partial charge in [-0.25, -0.2) is 0 Å². The van der Waals surface area contributed by atoms with Gasteiger partial charge < -0.3 is 15.1 Å². The molecular formula is C18H29ClN4. The monoisotopic (exact) mass is 336 g/mol. The highest BCUT2D eigenvalue weighted by Crippen LogP contribution is 2.17. The molecular weight excluding hydrogens is 308 g/mol. The van der Waals surface area contributed by atoms with Crippen LogP contribution in [0.2, 0.25) is 5.02 Å². The van der Waals surface area contributed by atoms with Crippen molar-refractivity contribution in [1.82, 2.24) is 15.1 Å². The molecule has 1 aromatic rings. The third-order valence-corrected chi connectivity index (χ3v) is 4.65. The van der Waals surface area contributed by atoms with Gasteiger partial charge >= 0.3 is 0 Å². The molecule has 0 radical (unpaired) electrons. The Balaban J connectivity index is 1.98. The summed E-state index contributed by atoms with van der Waals surface area (Å²) in [6.07, 6.45) is 2.56. The number of rotatable bonds is 5. The topological polar surface area (TPSA) is 30.9 Å². The van der Waals surface area contributed by atoms with Gasteiger partial charge in [0.1, 0.15) is 0 Å². The highest BCUT2D eigenvalue weighted by Gasteiger charge is 2.17. The van der Waals surface area contributed by atoms with E-state index in [1.807, 2.05) is 18.2 Å². The summed E-state index contributed by atoms with van der Waals surface area (Å²) in [5, 5.41) is 4.20. The first kappa shape index (κ1) is 18.1. The molecule has 0 spiro atoms. The maximum absolute atomic E-state index is 6.27. The summed E-state index contributed by atoms with van der Waals surface area (Å²) in [4.78, 5) is 9.42. The van der Waals surface area contributed by atoms with E-state index in [-0.39, 0.29) is 0 Å². The van der Waals surface area contributed by atoms with Gasteiger partial charge in [-0.05, 0) is 50.9 Å². The number of benzene rings is 1. The highest BCUT2D eigenvalue weighted by atomic mass is 35.5. The van der Waals surface area contributed by atoms with Gasteiger partial charge in [0.05, 0.1) is 0 Å². The lowest BCUT2D eigenvalue weighted by atomic mass is 9.99. The lowest BCUT2D eigenvalue weighted by Crippen LogP contribution is -2.39. The first-order chi connectivity index (χ1) is 11.1. The van der Waals surface area contributed by atoms with E-state index in [2.05, 4.69) is 42.2 Å². The zero-order valence-electron chi connectivity index (χ0n) is 14.6. The molecule has 1 aliphatic heterocycles. The molecule has 1 heterocycles. The van der Waals surface area contributed by atoms with Crippen LogP contribution in [0.3, 0.4) is 0 Å². The van der Waals surface area contributed by atoms with Gasteiger partial charge in [-0.3, -0.25) is 4.99 Å². The third kappa shape index (κ3) is 5.70. The third-order valence-electron chi connectivity index (χ3n) is 4.28. The molecule has 1 saturated heterocycles. The number of guanidine groups is 1. The molecule has 23 heavy (non-hydrogen) atoms. The second-order valence-electron chi connectivity index (χ2n) is 6.41. The van der Waals surface area contributed by atoms with E-state index in [0.29, 0.717) is 5.92 Å². The summed E-state index contributed by atoms with van der Waals surface area (Å²) in [6.45, 7) is 6.99. The molecule has 0 amide bonds. The van der Waals surface area contributed by atoms with Crippen molar-refractivity contribution in [2.45, 2.75) is 26.3 Å². The Bertz CT molecular complexity index is 517. The van der Waals surface area contributed by atoms with Crippen LogP contribution in [0.5, 0.6) is 0 Å². The van der Waals surface area contributed by atoms with Crippen molar-refractivity contribution in [1.29, 1.82) is 0 Å². The minimum Gasteiger partial charge on any atom is -0.357 e. The Hall–Kier alpha value is -1.26. The molecule has 0 aliphatic carbocycles. The van der Waals surface area contributed by atoms with Gasteiger partial charge in [0, 0.05) is 38.2 Å². The van der Waals surface area contributed by atoms with E-state index in [1.54, 1.807) is 0 Å². The summed E-state index contributed by atoms with van der Waals surface area (Å²) in [6, 6.07) is 7.99. The van der Waals surface area contributed by atoms with E-state index < -0.39 is 0 Å². The minimum absolute atomic E-state index is 0.663. The van der Waals surface area contributed by atoms with E-state index in [9.17, 15) is 0 Å². The van der Waals surface area contributed by atoms with E-state index in [0.717, 1.165) is 42.7 Å². The zero-order valence-corrected chi connectivity index (χ0v) is 15.3. The van der Waals surface area contributed by atoms with Crippen molar-refractivity contribution in [3.05, 3.63) is 34.9 Å². The average molecular weight is 337 g/mol. The predicted octanol–water partition coefficient (Wildman–Crippen LogP) is 3.08. The van der Waals surface area contributed by atoms with Crippen molar-refractivity contribution in [3.8, 4) is 0 Å². The highest BCUT2D eigenvalue weighted by molar-refractivity contribution is 6.31. The van der Waals surface area contributed by atoms with Gasteiger partial charge in [0.2, 0.25) is 0 Å². The quantitative estimate of drug-likeness (QED) is 0.662. The van der Waals surface area contributed by atoms with Crippen LogP contribution in [-0.2, 0) is 6.54 Å². The number of nitrogens with one attached hydrogen (secondary N) is 1. The molecule has 1 aliphatic rings. The van der Waals surface area contributed by atoms with E-state index in [4.69, 9.17) is 16.6 Å². The average Bonchev–Trinajstić information content (AvgIpc) is 2.53. The fourth-order valence-corrected chi connectivity index (χ4v) is 3.26. The van der Waals surface area contributed by atoms with Gasteiger partial charge in [0.15, 0.2) is 5.96 Å². The molecule has 1 N–H and O–H groups in total. The van der Waals surface area contributed by atoms with Gasteiger partial charge in [-0.2, -0.15) is 0 Å². The molecule has 1 aromatic carbocycles. The van der Waals surface area contributed by atoms with E-state index in [1.165, 1.54) is 19.4 Å². The number of hydrogen-bond acceptors (Lipinski definition) is 2. The van der Waals surface area contributed by atoms with Crippen LogP contribution in [0.4, 0.5) is 0 Å². The fourth-order valence-electron chi connectivity index (χ4n) is 3.06. The SMILES string of the molecule is CCNC(=NCC1CCCN(C)C1)N(C)Cc1ccccc1Cl. The molecule has 2 rings (SSSR count). The summed E-state index contributed by atoms with van der Waals surface area (Å²) >= 11 is 6.27. The maximum atomic E-state index is 6.27. The number of piperidine rings is 1. The van der Waals surface area contributed by atoms with Crippen LogP contribution in [0.15, 0.2) is 29.3 Å². The molecule has 0 bridgehead atoms. The van der Waals surface area contributed by atoms with Crippen molar-refractivity contribution < 1.29 is 0 Å². The van der Waals surface area contributed by atoms with Gasteiger partial charge in [0.25, 0.3) is 0 Å². The van der Waals surface area contributed by atoms with Crippen LogP contribution >= 0.6 is 11.6 Å². The van der Waals surface area contributed by atoms with Gasteiger partial charge in [-0.15, -0.1) is 0 Å². The first-order valence-electron chi connectivity index (χ1n) is 8.51. The number of halogens is 1. The molecule has 5 heteroatoms. The summed E-state index contributed by atoms with van der Waals surface area (Å²) in [5.41, 5.74) is 1.12. The number of hydrogen-bond donors (Lipinski definition) is 1. The Morgan fingerprint density at radius 2 is 2.22 bits per heavy atom. The Kier molecular flexibility index (Phi) is 7.18. The first-order valence-corrected chi connectivity index (χ1v) is 8.89. The lowest BCUT2D eigenvalue weighted by Gasteiger charge is -2.29. The van der Waals surface area contributed by atoms with E-state index >= 15 is 0 Å². The minimum atomic E-state index is 0.663. The normalized spacial score (nSPS) is 19.7. The Labute approximate surface area is 145 Å². The standard InChI is InChI=1S/C18H29ClN4/c1-4-20-18(21-12-15-8-7-11-22(2)13-15)23(3)14-16-9-5-6-10-17(16)19/h5-6,9-10,15H,4,7-8,11-14H2,1-3H3,(H,20,21). The second-order valence-corrected chi connectivity index (χ2v) is 6.82. The van der Waals surface area contributed by atoms with Crippen molar-refractivity contribution in [2.75, 3.05) is 40.3 Å². The molecule has 0 saturated carbocycles. The predicted molar refractivity (Wildman–Crippen MR) is 99.1 cm³/mol. The van der Waals surface area contributed by atoms with Crippen LogP contribution in [0, 0.1) is 5.92 Å². The van der Waals surface area contributed by atoms with Crippen LogP contribution in [0.1, 0.15) is 25.3 Å². The number of aliphatic imine (C=N–C) groups is 1. The lowest BCUT2D eigenvalue weighted by molar-refractivity contribution is 0.214. The molecule has 1 fully saturated rings. The van der Waals surface area contributed by atoms with Gasteiger partial charge in [-0.1, -0.05) is 29.8 Å². The smallest absolute Gasteiger partial charge is 0.193 e. The summed E-state index contributed by atoms with van der Waals surface area (Å²) < 4.78 is 0. The summed E-state index contributed by atoms with van der Waals surface area (Å²) in [7, 11) is 4.27. The van der Waals surface area contributed by atoms with Crippen LogP contribution in [0.25, 0.3) is 0 Å². The molecule has 1 atom stereocenters. The number of nitrogens with zero attached hydrogens (tertiary/aromatic N) is 3.